The molecule has 5 nitrogen and oxygen atoms in total. The largest absolute Gasteiger partial charge is 0.352 e. The number of hydrogen-bond donors (Lipinski definition) is 1. The summed E-state index contributed by atoms with van der Waals surface area (Å²) in [5, 5.41) is 4.16. The second kappa shape index (κ2) is 2.68. The van der Waals surface area contributed by atoms with Crippen molar-refractivity contribution in [3.8, 4) is 0 Å². The van der Waals surface area contributed by atoms with Gasteiger partial charge in [0.15, 0.2) is 5.82 Å². The molecule has 0 bridgehead atoms. The third-order valence-electron chi connectivity index (χ3n) is 2.51. The summed E-state index contributed by atoms with van der Waals surface area (Å²) in [6.45, 7) is 1.77. The minimum Gasteiger partial charge on any atom is -0.352 e. The van der Waals surface area contributed by atoms with Gasteiger partial charge in [-0.3, -0.25) is 0 Å². The first-order valence-corrected chi connectivity index (χ1v) is 4.63. The van der Waals surface area contributed by atoms with E-state index in [1.807, 2.05) is 16.8 Å². The van der Waals surface area contributed by atoms with Gasteiger partial charge in [-0.1, -0.05) is 0 Å². The highest BCUT2D eigenvalue weighted by molar-refractivity contribution is 5.69. The van der Waals surface area contributed by atoms with Crippen LogP contribution < -0.4 is 10.6 Å². The van der Waals surface area contributed by atoms with Crippen LogP contribution >= 0.6 is 0 Å². The van der Waals surface area contributed by atoms with E-state index >= 15 is 0 Å². The van der Waals surface area contributed by atoms with Crippen molar-refractivity contribution in [3.05, 3.63) is 24.7 Å². The van der Waals surface area contributed by atoms with Gasteiger partial charge in [0.1, 0.15) is 5.52 Å². The molecular weight excluding hydrogens is 178 g/mol. The maximum absolute atomic E-state index is 5.73. The predicted molar refractivity (Wildman–Crippen MR) is 53.2 cm³/mol. The number of fused-ring (bicyclic) bond motifs is 1. The van der Waals surface area contributed by atoms with Crippen molar-refractivity contribution in [1.29, 1.82) is 0 Å². The Labute approximate surface area is 81.1 Å². The summed E-state index contributed by atoms with van der Waals surface area (Å²) >= 11 is 0. The summed E-state index contributed by atoms with van der Waals surface area (Å²) in [4.78, 5) is 6.51. The van der Waals surface area contributed by atoms with E-state index in [2.05, 4.69) is 15.0 Å². The van der Waals surface area contributed by atoms with Crippen molar-refractivity contribution in [1.82, 2.24) is 14.6 Å². The average Bonchev–Trinajstić information content (AvgIpc) is 2.60. The Morgan fingerprint density at radius 1 is 1.36 bits per heavy atom. The van der Waals surface area contributed by atoms with Crippen LogP contribution in [-0.2, 0) is 0 Å². The molecular formula is C9H11N5. The molecule has 3 rings (SSSR count). The molecule has 3 heterocycles. The zero-order valence-electron chi connectivity index (χ0n) is 7.67. The fraction of sp³-hybridized carbons (Fsp3) is 0.333. The van der Waals surface area contributed by atoms with Gasteiger partial charge in [0.05, 0.1) is 6.20 Å². The number of nitrogens with two attached hydrogens (primary N) is 1. The lowest BCUT2D eigenvalue weighted by atomic mass is 10.1. The summed E-state index contributed by atoms with van der Waals surface area (Å²) in [5.41, 5.74) is 6.77. The summed E-state index contributed by atoms with van der Waals surface area (Å²) < 4.78 is 1.83. The maximum atomic E-state index is 5.73. The molecule has 0 atom stereocenters. The molecule has 2 aromatic heterocycles. The lowest BCUT2D eigenvalue weighted by Crippen LogP contribution is -2.56. The quantitative estimate of drug-likeness (QED) is 0.679. The minimum absolute atomic E-state index is 0.292. The first-order valence-electron chi connectivity index (χ1n) is 4.63. The highest BCUT2D eigenvalue weighted by atomic mass is 15.3. The summed E-state index contributed by atoms with van der Waals surface area (Å²) in [6, 6.07) is 2.26. The molecule has 0 aromatic carbocycles. The van der Waals surface area contributed by atoms with Gasteiger partial charge in [0, 0.05) is 31.5 Å². The number of nitrogens with zero attached hydrogens (tertiary/aromatic N) is 4. The third-order valence-corrected chi connectivity index (χ3v) is 2.51. The van der Waals surface area contributed by atoms with E-state index in [0.29, 0.717) is 6.04 Å². The summed E-state index contributed by atoms with van der Waals surface area (Å²) in [6.07, 6.45) is 5.39. The Morgan fingerprint density at radius 2 is 2.21 bits per heavy atom. The van der Waals surface area contributed by atoms with Crippen LogP contribution in [0.25, 0.3) is 5.52 Å². The van der Waals surface area contributed by atoms with Gasteiger partial charge in [-0.2, -0.15) is 5.10 Å². The normalized spacial score (nSPS) is 17.4. The van der Waals surface area contributed by atoms with Crippen LogP contribution in [0.5, 0.6) is 0 Å². The molecule has 0 saturated carbocycles. The zero-order chi connectivity index (χ0) is 9.54. The monoisotopic (exact) mass is 189 g/mol. The van der Waals surface area contributed by atoms with Crippen molar-refractivity contribution >= 4 is 11.3 Å². The molecule has 5 heteroatoms. The van der Waals surface area contributed by atoms with E-state index in [1.165, 1.54) is 0 Å². The van der Waals surface area contributed by atoms with E-state index in [4.69, 9.17) is 5.73 Å². The van der Waals surface area contributed by atoms with E-state index in [9.17, 15) is 0 Å². The highest BCUT2D eigenvalue weighted by Crippen LogP contribution is 2.21. The molecule has 1 saturated heterocycles. The zero-order valence-corrected chi connectivity index (χ0v) is 7.67. The van der Waals surface area contributed by atoms with Gasteiger partial charge in [0.25, 0.3) is 0 Å². The van der Waals surface area contributed by atoms with Gasteiger partial charge in [-0.05, 0) is 6.07 Å². The molecule has 1 aliphatic heterocycles. The van der Waals surface area contributed by atoms with Crippen LogP contribution in [0, 0.1) is 0 Å². The molecule has 1 fully saturated rings. The second-order valence-corrected chi connectivity index (χ2v) is 3.58. The van der Waals surface area contributed by atoms with E-state index in [0.717, 1.165) is 24.4 Å². The Morgan fingerprint density at radius 3 is 3.00 bits per heavy atom. The molecule has 14 heavy (non-hydrogen) atoms. The number of rotatable bonds is 1. The van der Waals surface area contributed by atoms with Gasteiger partial charge in [-0.15, -0.1) is 0 Å². The van der Waals surface area contributed by atoms with Crippen LogP contribution in [0.3, 0.4) is 0 Å². The molecule has 1 aliphatic rings. The SMILES string of the molecule is NC1CN(c2nccn3nccc23)C1. The van der Waals surface area contributed by atoms with Crippen molar-refractivity contribution in [2.24, 2.45) is 5.73 Å². The fourth-order valence-corrected chi connectivity index (χ4v) is 1.77. The van der Waals surface area contributed by atoms with E-state index in [-0.39, 0.29) is 0 Å². The number of aromatic nitrogens is 3. The Bertz CT molecular complexity index is 457. The standard InChI is InChI=1S/C9H11N5/c10-7-5-13(6-7)9-8-1-2-12-14(8)4-3-11-9/h1-4,7H,5-6,10H2. The topological polar surface area (TPSA) is 59.5 Å². The van der Waals surface area contributed by atoms with E-state index in [1.54, 1.807) is 12.4 Å². The van der Waals surface area contributed by atoms with Crippen LogP contribution in [0.15, 0.2) is 24.7 Å². The maximum Gasteiger partial charge on any atom is 0.154 e. The van der Waals surface area contributed by atoms with Gasteiger partial charge < -0.3 is 10.6 Å². The van der Waals surface area contributed by atoms with Crippen LogP contribution in [0.2, 0.25) is 0 Å². The smallest absolute Gasteiger partial charge is 0.154 e. The molecule has 2 N–H and O–H groups in total. The van der Waals surface area contributed by atoms with Gasteiger partial charge in [-0.25, -0.2) is 9.50 Å². The van der Waals surface area contributed by atoms with E-state index < -0.39 is 0 Å². The second-order valence-electron chi connectivity index (χ2n) is 3.58. The molecule has 0 radical (unpaired) electrons. The molecule has 0 amide bonds. The van der Waals surface area contributed by atoms with Crippen LogP contribution in [-0.4, -0.2) is 33.7 Å². The lowest BCUT2D eigenvalue weighted by Gasteiger charge is -2.37. The summed E-state index contributed by atoms with van der Waals surface area (Å²) in [7, 11) is 0. The molecule has 0 unspecified atom stereocenters. The number of hydrogen-bond acceptors (Lipinski definition) is 4. The molecule has 0 spiro atoms. The summed E-state index contributed by atoms with van der Waals surface area (Å²) in [5.74, 6) is 0.978. The van der Waals surface area contributed by atoms with Crippen molar-refractivity contribution in [2.45, 2.75) is 6.04 Å². The van der Waals surface area contributed by atoms with Crippen LogP contribution in [0.4, 0.5) is 5.82 Å². The van der Waals surface area contributed by atoms with Gasteiger partial charge >= 0.3 is 0 Å². The first kappa shape index (κ1) is 7.75. The van der Waals surface area contributed by atoms with Crippen molar-refractivity contribution in [3.63, 3.8) is 0 Å². The first-order chi connectivity index (χ1) is 6.84. The number of anilines is 1. The molecule has 2 aromatic rings. The van der Waals surface area contributed by atoms with Crippen molar-refractivity contribution in [2.75, 3.05) is 18.0 Å². The average molecular weight is 189 g/mol. The van der Waals surface area contributed by atoms with Crippen LogP contribution in [0.1, 0.15) is 0 Å². The van der Waals surface area contributed by atoms with Crippen molar-refractivity contribution < 1.29 is 0 Å². The van der Waals surface area contributed by atoms with Gasteiger partial charge in [0.2, 0.25) is 0 Å². The Balaban J connectivity index is 2.07. The Kier molecular flexibility index (Phi) is 1.49. The third kappa shape index (κ3) is 0.990. The highest BCUT2D eigenvalue weighted by Gasteiger charge is 2.25. The predicted octanol–water partition coefficient (Wildman–Crippen LogP) is -0.123. The fourth-order valence-electron chi connectivity index (χ4n) is 1.77. The Hall–Kier alpha value is -1.62. The minimum atomic E-state index is 0.292. The molecule has 0 aliphatic carbocycles. The molecule has 72 valence electrons. The lowest BCUT2D eigenvalue weighted by molar-refractivity contribution is 0.515.